The minimum Gasteiger partial charge on any atom is -0.353 e. The minimum absolute atomic E-state index is 0.0655. The standard InChI is InChI=1S/C26H26FN5OS/c1-31(2)23(19-11-5-3-6-12-19)17-28-24(33)18-34-26-30-29-25(21-15-9-10-16-22(21)27)32(26)20-13-7-4-8-14-20/h3-16,23H,17-18H2,1-2H3,(H,28,33). The van der Waals surface area contributed by atoms with E-state index in [9.17, 15) is 9.18 Å². The van der Waals surface area contributed by atoms with Gasteiger partial charge < -0.3 is 10.2 Å². The van der Waals surface area contributed by atoms with Gasteiger partial charge in [0.25, 0.3) is 0 Å². The Bertz CT molecular complexity index is 1230. The fourth-order valence-electron chi connectivity index (χ4n) is 3.66. The number of nitrogens with zero attached hydrogens (tertiary/aromatic N) is 4. The van der Waals surface area contributed by atoms with Crippen LogP contribution in [0.2, 0.25) is 0 Å². The maximum Gasteiger partial charge on any atom is 0.230 e. The molecular formula is C26H26FN5OS. The third kappa shape index (κ3) is 5.52. The predicted molar refractivity (Wildman–Crippen MR) is 133 cm³/mol. The van der Waals surface area contributed by atoms with Gasteiger partial charge in [0.05, 0.1) is 17.4 Å². The first-order valence-electron chi connectivity index (χ1n) is 10.9. The van der Waals surface area contributed by atoms with Gasteiger partial charge in [-0.1, -0.05) is 72.4 Å². The second-order valence-electron chi connectivity index (χ2n) is 7.94. The zero-order chi connectivity index (χ0) is 23.9. The summed E-state index contributed by atoms with van der Waals surface area (Å²) in [7, 11) is 3.98. The van der Waals surface area contributed by atoms with Crippen molar-refractivity contribution in [3.63, 3.8) is 0 Å². The summed E-state index contributed by atoms with van der Waals surface area (Å²) in [5.74, 6) is 0.0702. The summed E-state index contributed by atoms with van der Waals surface area (Å²) >= 11 is 1.27. The van der Waals surface area contributed by atoms with Crippen LogP contribution < -0.4 is 5.32 Å². The summed E-state index contributed by atoms with van der Waals surface area (Å²) in [6.45, 7) is 0.488. The zero-order valence-electron chi connectivity index (χ0n) is 19.1. The van der Waals surface area contributed by atoms with Gasteiger partial charge in [-0.2, -0.15) is 0 Å². The molecule has 0 aliphatic carbocycles. The molecular weight excluding hydrogens is 449 g/mol. The number of likely N-dealkylation sites (N-methyl/N-ethyl adjacent to an activating group) is 1. The normalized spacial score (nSPS) is 12.0. The molecule has 174 valence electrons. The van der Waals surface area contributed by atoms with Crippen LogP contribution in [0.1, 0.15) is 11.6 Å². The number of aromatic nitrogens is 3. The minimum atomic E-state index is -0.378. The van der Waals surface area contributed by atoms with Gasteiger partial charge >= 0.3 is 0 Å². The number of benzene rings is 3. The Kier molecular flexibility index (Phi) is 7.72. The van der Waals surface area contributed by atoms with Gasteiger partial charge in [-0.15, -0.1) is 10.2 Å². The molecule has 0 saturated heterocycles. The summed E-state index contributed by atoms with van der Waals surface area (Å²) in [6, 6.07) is 26.1. The van der Waals surface area contributed by atoms with E-state index in [4.69, 9.17) is 0 Å². The second-order valence-corrected chi connectivity index (χ2v) is 8.88. The predicted octanol–water partition coefficient (Wildman–Crippen LogP) is 4.58. The van der Waals surface area contributed by atoms with E-state index in [-0.39, 0.29) is 23.5 Å². The van der Waals surface area contributed by atoms with Gasteiger partial charge in [-0.3, -0.25) is 9.36 Å². The summed E-state index contributed by atoms with van der Waals surface area (Å²) in [6.07, 6.45) is 0. The van der Waals surface area contributed by atoms with Gasteiger partial charge in [0.15, 0.2) is 11.0 Å². The molecule has 1 heterocycles. The van der Waals surface area contributed by atoms with Crippen LogP contribution in [0.25, 0.3) is 17.1 Å². The number of hydrogen-bond acceptors (Lipinski definition) is 5. The first kappa shape index (κ1) is 23.7. The fourth-order valence-corrected chi connectivity index (χ4v) is 4.44. The van der Waals surface area contributed by atoms with Crippen LogP contribution in [-0.2, 0) is 4.79 Å². The van der Waals surface area contributed by atoms with Crippen LogP contribution in [0.4, 0.5) is 4.39 Å². The topological polar surface area (TPSA) is 63.1 Å². The number of halogens is 1. The van der Waals surface area contributed by atoms with Gasteiger partial charge in [0, 0.05) is 12.2 Å². The molecule has 1 unspecified atom stereocenters. The molecule has 0 bridgehead atoms. The Morgan fingerprint density at radius 2 is 1.62 bits per heavy atom. The number of nitrogens with one attached hydrogen (secondary N) is 1. The number of amides is 1. The lowest BCUT2D eigenvalue weighted by Crippen LogP contribution is -2.35. The van der Waals surface area contributed by atoms with Gasteiger partial charge in [0.2, 0.25) is 5.91 Å². The van der Waals surface area contributed by atoms with Crippen LogP contribution >= 0.6 is 11.8 Å². The summed E-state index contributed by atoms with van der Waals surface area (Å²) in [5.41, 5.74) is 2.29. The van der Waals surface area contributed by atoms with Crippen molar-refractivity contribution in [2.75, 3.05) is 26.4 Å². The van der Waals surface area contributed by atoms with Crippen LogP contribution in [0.15, 0.2) is 90.1 Å². The number of carbonyl (C=O) groups excluding carboxylic acids is 1. The van der Waals surface area contributed by atoms with E-state index in [0.29, 0.717) is 23.1 Å². The largest absolute Gasteiger partial charge is 0.353 e. The lowest BCUT2D eigenvalue weighted by atomic mass is 10.1. The molecule has 4 aromatic rings. The second kappa shape index (κ2) is 11.1. The summed E-state index contributed by atoms with van der Waals surface area (Å²) < 4.78 is 16.3. The van der Waals surface area contributed by atoms with Crippen molar-refractivity contribution < 1.29 is 9.18 Å². The molecule has 0 saturated carbocycles. The quantitative estimate of drug-likeness (QED) is 0.359. The maximum atomic E-state index is 14.5. The monoisotopic (exact) mass is 475 g/mol. The third-order valence-corrected chi connectivity index (χ3v) is 6.32. The van der Waals surface area contributed by atoms with Crippen molar-refractivity contribution in [2.24, 2.45) is 0 Å². The van der Waals surface area contributed by atoms with Crippen LogP contribution in [0.5, 0.6) is 0 Å². The lowest BCUT2D eigenvalue weighted by Gasteiger charge is -2.25. The molecule has 0 fully saturated rings. The zero-order valence-corrected chi connectivity index (χ0v) is 19.9. The van der Waals surface area contributed by atoms with Crippen LogP contribution in [0.3, 0.4) is 0 Å². The molecule has 8 heteroatoms. The van der Waals surface area contributed by atoms with Crippen LogP contribution in [-0.4, -0.2) is 52.0 Å². The highest BCUT2D eigenvalue weighted by Crippen LogP contribution is 2.29. The van der Waals surface area contributed by atoms with Crippen LogP contribution in [0, 0.1) is 5.82 Å². The molecule has 3 aromatic carbocycles. The molecule has 0 aliphatic rings. The molecule has 6 nitrogen and oxygen atoms in total. The van der Waals surface area contributed by atoms with Crippen molar-refractivity contribution in [3.8, 4) is 17.1 Å². The van der Waals surface area contributed by atoms with E-state index in [0.717, 1.165) is 11.3 Å². The van der Waals surface area contributed by atoms with E-state index in [1.165, 1.54) is 17.8 Å². The van der Waals surface area contributed by atoms with E-state index >= 15 is 0 Å². The lowest BCUT2D eigenvalue weighted by molar-refractivity contribution is -0.118. The molecule has 1 aromatic heterocycles. The highest BCUT2D eigenvalue weighted by Gasteiger charge is 2.20. The summed E-state index contributed by atoms with van der Waals surface area (Å²) in [5, 5.41) is 12.1. The number of carbonyl (C=O) groups is 1. The molecule has 1 atom stereocenters. The maximum absolute atomic E-state index is 14.5. The Hall–Kier alpha value is -3.49. The number of rotatable bonds is 9. The molecule has 0 aliphatic heterocycles. The first-order chi connectivity index (χ1) is 16.5. The fraction of sp³-hybridized carbons (Fsp3) is 0.192. The van der Waals surface area contributed by atoms with Crippen molar-refractivity contribution in [1.82, 2.24) is 25.0 Å². The van der Waals surface area contributed by atoms with E-state index < -0.39 is 0 Å². The average molecular weight is 476 g/mol. The molecule has 1 amide bonds. The number of hydrogen-bond donors (Lipinski definition) is 1. The van der Waals surface area contributed by atoms with E-state index in [1.54, 1.807) is 22.8 Å². The highest BCUT2D eigenvalue weighted by molar-refractivity contribution is 7.99. The third-order valence-electron chi connectivity index (χ3n) is 5.40. The Balaban J connectivity index is 1.50. The Morgan fingerprint density at radius 3 is 2.29 bits per heavy atom. The van der Waals surface area contributed by atoms with Crippen molar-refractivity contribution in [2.45, 2.75) is 11.2 Å². The number of thioether (sulfide) groups is 1. The highest BCUT2D eigenvalue weighted by atomic mass is 32.2. The SMILES string of the molecule is CN(C)C(CNC(=O)CSc1nnc(-c2ccccc2F)n1-c1ccccc1)c1ccccc1. The molecule has 34 heavy (non-hydrogen) atoms. The van der Waals surface area contributed by atoms with E-state index in [1.807, 2.05) is 62.6 Å². The summed E-state index contributed by atoms with van der Waals surface area (Å²) in [4.78, 5) is 14.8. The molecule has 4 rings (SSSR count). The van der Waals surface area contributed by atoms with Gasteiger partial charge in [-0.25, -0.2) is 4.39 Å². The van der Waals surface area contributed by atoms with E-state index in [2.05, 4.69) is 32.5 Å². The molecule has 0 radical (unpaired) electrons. The molecule has 1 N–H and O–H groups in total. The Morgan fingerprint density at radius 1 is 0.971 bits per heavy atom. The van der Waals surface area contributed by atoms with Crippen molar-refractivity contribution in [3.05, 3.63) is 96.3 Å². The first-order valence-corrected chi connectivity index (χ1v) is 11.9. The Labute approximate surface area is 202 Å². The van der Waals surface area contributed by atoms with Gasteiger partial charge in [-0.05, 0) is 43.9 Å². The van der Waals surface area contributed by atoms with Gasteiger partial charge in [0.1, 0.15) is 5.82 Å². The number of para-hydroxylation sites is 1. The molecule has 0 spiro atoms. The average Bonchev–Trinajstić information content (AvgIpc) is 3.28. The smallest absolute Gasteiger partial charge is 0.230 e. The van der Waals surface area contributed by atoms with Crippen molar-refractivity contribution >= 4 is 17.7 Å². The van der Waals surface area contributed by atoms with Crippen molar-refractivity contribution in [1.29, 1.82) is 0 Å².